The Hall–Kier alpha value is -1.26. The SMILES string of the molecule is COCCCNc1cc(C(=O)O)ccc1Cl. The van der Waals surface area contributed by atoms with Crippen molar-refractivity contribution in [1.82, 2.24) is 0 Å². The molecular formula is C11H14ClNO3. The second kappa shape index (κ2) is 6.35. The number of hydrogen-bond acceptors (Lipinski definition) is 3. The predicted molar refractivity (Wildman–Crippen MR) is 63.4 cm³/mol. The number of carboxylic acids is 1. The maximum atomic E-state index is 10.7. The molecule has 0 fully saturated rings. The van der Waals surface area contributed by atoms with E-state index in [1.807, 2.05) is 0 Å². The maximum Gasteiger partial charge on any atom is 0.335 e. The lowest BCUT2D eigenvalue weighted by atomic mass is 10.2. The number of methoxy groups -OCH3 is 1. The Bertz CT molecular complexity index is 368. The summed E-state index contributed by atoms with van der Waals surface area (Å²) in [5, 5.41) is 12.4. The molecule has 0 atom stereocenters. The number of benzene rings is 1. The van der Waals surface area contributed by atoms with E-state index in [4.69, 9.17) is 21.4 Å². The van der Waals surface area contributed by atoms with Gasteiger partial charge in [0.15, 0.2) is 0 Å². The zero-order chi connectivity index (χ0) is 12.0. The molecule has 0 spiro atoms. The van der Waals surface area contributed by atoms with Gasteiger partial charge >= 0.3 is 5.97 Å². The third kappa shape index (κ3) is 3.72. The minimum Gasteiger partial charge on any atom is -0.478 e. The molecule has 0 aliphatic rings. The standard InChI is InChI=1S/C11H14ClNO3/c1-16-6-2-5-13-10-7-8(11(14)15)3-4-9(10)12/h3-4,7,13H,2,5-6H2,1H3,(H,14,15). The number of rotatable bonds is 6. The van der Waals surface area contributed by atoms with Crippen LogP contribution in [-0.4, -0.2) is 31.3 Å². The molecule has 0 saturated carbocycles. The third-order valence-corrected chi connectivity index (χ3v) is 2.38. The second-order valence-electron chi connectivity index (χ2n) is 3.27. The third-order valence-electron chi connectivity index (χ3n) is 2.05. The molecule has 0 heterocycles. The van der Waals surface area contributed by atoms with Crippen LogP contribution in [0.5, 0.6) is 0 Å². The molecule has 0 bridgehead atoms. The van der Waals surface area contributed by atoms with Gasteiger partial charge in [0.1, 0.15) is 0 Å². The van der Waals surface area contributed by atoms with E-state index in [2.05, 4.69) is 5.32 Å². The van der Waals surface area contributed by atoms with E-state index >= 15 is 0 Å². The van der Waals surface area contributed by atoms with Crippen molar-refractivity contribution in [2.24, 2.45) is 0 Å². The van der Waals surface area contributed by atoms with Crippen LogP contribution in [0.4, 0.5) is 5.69 Å². The Labute approximate surface area is 99.2 Å². The highest BCUT2D eigenvalue weighted by atomic mass is 35.5. The first-order valence-electron chi connectivity index (χ1n) is 4.91. The molecule has 0 saturated heterocycles. The highest BCUT2D eigenvalue weighted by molar-refractivity contribution is 6.33. The lowest BCUT2D eigenvalue weighted by Crippen LogP contribution is -2.06. The molecule has 4 nitrogen and oxygen atoms in total. The van der Waals surface area contributed by atoms with E-state index in [1.165, 1.54) is 12.1 Å². The number of carboxylic acid groups (broad SMARTS) is 1. The fourth-order valence-corrected chi connectivity index (χ4v) is 1.42. The van der Waals surface area contributed by atoms with Gasteiger partial charge in [0.2, 0.25) is 0 Å². The van der Waals surface area contributed by atoms with Crippen LogP contribution in [0.2, 0.25) is 5.02 Å². The van der Waals surface area contributed by atoms with Crippen LogP contribution in [0.3, 0.4) is 0 Å². The Kier molecular flexibility index (Phi) is 5.08. The first kappa shape index (κ1) is 12.8. The number of nitrogens with one attached hydrogen (secondary N) is 1. The molecule has 2 N–H and O–H groups in total. The van der Waals surface area contributed by atoms with Gasteiger partial charge in [0, 0.05) is 20.3 Å². The van der Waals surface area contributed by atoms with Crippen LogP contribution in [0.25, 0.3) is 0 Å². The zero-order valence-corrected chi connectivity index (χ0v) is 9.75. The predicted octanol–water partition coefficient (Wildman–Crippen LogP) is 2.49. The van der Waals surface area contributed by atoms with E-state index in [1.54, 1.807) is 13.2 Å². The van der Waals surface area contributed by atoms with Crippen molar-refractivity contribution in [3.63, 3.8) is 0 Å². The molecule has 1 aromatic carbocycles. The van der Waals surface area contributed by atoms with Gasteiger partial charge < -0.3 is 15.2 Å². The van der Waals surface area contributed by atoms with Crippen LogP contribution < -0.4 is 5.32 Å². The van der Waals surface area contributed by atoms with Crippen molar-refractivity contribution in [2.75, 3.05) is 25.6 Å². The van der Waals surface area contributed by atoms with Crippen LogP contribution in [0.15, 0.2) is 18.2 Å². The van der Waals surface area contributed by atoms with Crippen molar-refractivity contribution in [1.29, 1.82) is 0 Å². The largest absolute Gasteiger partial charge is 0.478 e. The average Bonchev–Trinajstić information content (AvgIpc) is 2.26. The van der Waals surface area contributed by atoms with Gasteiger partial charge in [-0.2, -0.15) is 0 Å². The highest BCUT2D eigenvalue weighted by Crippen LogP contribution is 2.22. The Morgan fingerprint density at radius 1 is 1.56 bits per heavy atom. The van der Waals surface area contributed by atoms with E-state index in [9.17, 15) is 4.79 Å². The first-order valence-corrected chi connectivity index (χ1v) is 5.28. The topological polar surface area (TPSA) is 58.6 Å². The molecular weight excluding hydrogens is 230 g/mol. The molecule has 1 aromatic rings. The number of halogens is 1. The Morgan fingerprint density at radius 3 is 2.94 bits per heavy atom. The quantitative estimate of drug-likeness (QED) is 0.754. The number of anilines is 1. The van der Waals surface area contributed by atoms with Gasteiger partial charge in [-0.1, -0.05) is 11.6 Å². The van der Waals surface area contributed by atoms with E-state index in [0.717, 1.165) is 6.42 Å². The monoisotopic (exact) mass is 243 g/mol. The molecule has 1 rings (SSSR count). The van der Waals surface area contributed by atoms with Crippen LogP contribution in [-0.2, 0) is 4.74 Å². The summed E-state index contributed by atoms with van der Waals surface area (Å²) < 4.78 is 4.90. The lowest BCUT2D eigenvalue weighted by Gasteiger charge is -2.08. The summed E-state index contributed by atoms with van der Waals surface area (Å²) in [4.78, 5) is 10.7. The van der Waals surface area contributed by atoms with Gasteiger partial charge in [-0.05, 0) is 24.6 Å². The molecule has 88 valence electrons. The summed E-state index contributed by atoms with van der Waals surface area (Å²) in [5.41, 5.74) is 0.858. The number of carbonyl (C=O) groups is 1. The van der Waals surface area contributed by atoms with Crippen molar-refractivity contribution in [3.05, 3.63) is 28.8 Å². The van der Waals surface area contributed by atoms with Crippen molar-refractivity contribution in [2.45, 2.75) is 6.42 Å². The lowest BCUT2D eigenvalue weighted by molar-refractivity contribution is 0.0697. The molecule has 0 amide bonds. The summed E-state index contributed by atoms with van der Waals surface area (Å²) >= 11 is 5.93. The van der Waals surface area contributed by atoms with Gasteiger partial charge in [0.25, 0.3) is 0 Å². The summed E-state index contributed by atoms with van der Waals surface area (Å²) in [6.45, 7) is 1.35. The summed E-state index contributed by atoms with van der Waals surface area (Å²) in [7, 11) is 1.64. The van der Waals surface area contributed by atoms with Crippen molar-refractivity contribution < 1.29 is 14.6 Å². The van der Waals surface area contributed by atoms with E-state index in [0.29, 0.717) is 23.9 Å². The zero-order valence-electron chi connectivity index (χ0n) is 9.00. The summed E-state index contributed by atoms with van der Waals surface area (Å²) in [5.74, 6) is -0.961. The fourth-order valence-electron chi connectivity index (χ4n) is 1.23. The summed E-state index contributed by atoms with van der Waals surface area (Å²) in [6, 6.07) is 4.58. The van der Waals surface area contributed by atoms with E-state index in [-0.39, 0.29) is 5.56 Å². The van der Waals surface area contributed by atoms with Crippen LogP contribution in [0.1, 0.15) is 16.8 Å². The smallest absolute Gasteiger partial charge is 0.335 e. The first-order chi connectivity index (χ1) is 7.65. The number of aromatic carboxylic acids is 1. The van der Waals surface area contributed by atoms with Gasteiger partial charge in [-0.25, -0.2) is 4.79 Å². The molecule has 0 radical (unpaired) electrons. The van der Waals surface area contributed by atoms with Crippen LogP contribution >= 0.6 is 11.6 Å². The van der Waals surface area contributed by atoms with Gasteiger partial charge in [-0.3, -0.25) is 0 Å². The van der Waals surface area contributed by atoms with Gasteiger partial charge in [0.05, 0.1) is 16.3 Å². The average molecular weight is 244 g/mol. The van der Waals surface area contributed by atoms with Crippen molar-refractivity contribution in [3.8, 4) is 0 Å². The molecule has 0 unspecified atom stereocenters. The minimum absolute atomic E-state index is 0.221. The number of hydrogen-bond donors (Lipinski definition) is 2. The Morgan fingerprint density at radius 2 is 2.31 bits per heavy atom. The van der Waals surface area contributed by atoms with E-state index < -0.39 is 5.97 Å². The van der Waals surface area contributed by atoms with Crippen molar-refractivity contribution >= 4 is 23.3 Å². The minimum atomic E-state index is -0.961. The second-order valence-corrected chi connectivity index (χ2v) is 3.68. The fraction of sp³-hybridized carbons (Fsp3) is 0.364. The number of ether oxygens (including phenoxy) is 1. The Balaban J connectivity index is 2.63. The molecule has 0 aliphatic heterocycles. The van der Waals surface area contributed by atoms with Crippen LogP contribution in [0, 0.1) is 0 Å². The molecule has 0 aliphatic carbocycles. The normalized spacial score (nSPS) is 10.1. The molecule has 5 heteroatoms. The van der Waals surface area contributed by atoms with Gasteiger partial charge in [-0.15, -0.1) is 0 Å². The molecule has 0 aromatic heterocycles. The highest BCUT2D eigenvalue weighted by Gasteiger charge is 2.06. The maximum absolute atomic E-state index is 10.7. The summed E-state index contributed by atoms with van der Waals surface area (Å²) in [6.07, 6.45) is 0.837. The molecule has 16 heavy (non-hydrogen) atoms.